The maximum Gasteiger partial charge on any atom is 0.217 e. The Morgan fingerprint density at radius 1 is 1.00 bits per heavy atom. The van der Waals surface area contributed by atoms with E-state index >= 15 is 0 Å². The molecule has 1 fully saturated rings. The molecule has 252 valence electrons. The van der Waals surface area contributed by atoms with Gasteiger partial charge in [-0.05, 0) is 61.7 Å². The lowest BCUT2D eigenvalue weighted by Crippen LogP contribution is -2.34. The number of carbonyl (C=O) groups excluding carboxylic acids is 1. The minimum absolute atomic E-state index is 0.0419. The Hall–Kier alpha value is -3.35. The number of nitrogens with zero attached hydrogens (tertiary/aromatic N) is 3. The second kappa shape index (κ2) is 16.2. The Bertz CT molecular complexity index is 1700. The summed E-state index contributed by atoms with van der Waals surface area (Å²) in [7, 11) is 6.09. The fourth-order valence-corrected chi connectivity index (χ4v) is 6.35. The van der Waals surface area contributed by atoms with Gasteiger partial charge >= 0.3 is 0 Å². The van der Waals surface area contributed by atoms with Crippen LogP contribution in [-0.2, 0) is 21.8 Å². The smallest absolute Gasteiger partial charge is 0.217 e. The number of halogens is 3. The van der Waals surface area contributed by atoms with Crippen molar-refractivity contribution in [2.24, 2.45) is 0 Å². The van der Waals surface area contributed by atoms with Crippen LogP contribution in [0.1, 0.15) is 52.4 Å². The molecule has 0 saturated carbocycles. The van der Waals surface area contributed by atoms with Crippen molar-refractivity contribution in [3.63, 3.8) is 0 Å². The van der Waals surface area contributed by atoms with Gasteiger partial charge in [-0.25, -0.2) is 9.67 Å². The number of carbonyl (C=O) groups is 1. The molecule has 47 heavy (non-hydrogen) atoms. The van der Waals surface area contributed by atoms with Gasteiger partial charge in [-0.1, -0.05) is 58.5 Å². The molecule has 1 aliphatic heterocycles. The molecule has 2 heterocycles. The molecule has 1 saturated heterocycles. The topological polar surface area (TPSA) is 103 Å². The van der Waals surface area contributed by atoms with Gasteiger partial charge < -0.3 is 28.4 Å². The standard InChI is InChI=1S/C19H21BrO5.C15H17Cl2N3O2/c1-10-9-14(23-4)18(24-5)19(25-6)15(10)17(21)16-11(2)12(20)7-8-13(16)22-3;1-2-3-12-7-21-15(22-12,8-20-10-18-9-19-20)13-5-4-11(16)6-14(13)17/h7-9H,1-6H3;4-6,9-10,12H,2-3,7-8H2,1H3. The number of hydrogen-bond donors (Lipinski definition) is 0. The van der Waals surface area contributed by atoms with Gasteiger partial charge in [0.2, 0.25) is 17.3 Å². The number of benzene rings is 3. The molecule has 0 radical (unpaired) electrons. The predicted molar refractivity (Wildman–Crippen MR) is 184 cm³/mol. The third-order valence-electron chi connectivity index (χ3n) is 7.71. The highest BCUT2D eigenvalue weighted by Gasteiger charge is 2.45. The van der Waals surface area contributed by atoms with Gasteiger partial charge in [0.05, 0.1) is 57.3 Å². The van der Waals surface area contributed by atoms with Crippen LogP contribution in [0.3, 0.4) is 0 Å². The maximum atomic E-state index is 13.4. The molecular weight excluding hydrogens is 713 g/mol. The summed E-state index contributed by atoms with van der Waals surface area (Å²) in [6, 6.07) is 10.7. The van der Waals surface area contributed by atoms with Crippen molar-refractivity contribution >= 4 is 44.9 Å². The summed E-state index contributed by atoms with van der Waals surface area (Å²) in [4.78, 5) is 17.4. The molecule has 2 unspecified atom stereocenters. The number of aromatic nitrogens is 3. The van der Waals surface area contributed by atoms with Crippen LogP contribution in [0, 0.1) is 13.8 Å². The van der Waals surface area contributed by atoms with Crippen molar-refractivity contribution in [1.29, 1.82) is 0 Å². The summed E-state index contributed by atoms with van der Waals surface area (Å²) >= 11 is 15.8. The summed E-state index contributed by atoms with van der Waals surface area (Å²) in [5.74, 6) is 0.561. The van der Waals surface area contributed by atoms with E-state index in [2.05, 4.69) is 32.9 Å². The fourth-order valence-electron chi connectivity index (χ4n) is 5.46. The largest absolute Gasteiger partial charge is 0.496 e. The first-order valence-corrected chi connectivity index (χ1v) is 16.4. The zero-order chi connectivity index (χ0) is 34.3. The highest BCUT2D eigenvalue weighted by atomic mass is 79.9. The van der Waals surface area contributed by atoms with Crippen molar-refractivity contribution in [3.8, 4) is 23.0 Å². The number of ketones is 1. The van der Waals surface area contributed by atoms with Crippen LogP contribution in [0.25, 0.3) is 0 Å². The van der Waals surface area contributed by atoms with Gasteiger partial charge in [-0.3, -0.25) is 4.79 Å². The molecule has 1 aliphatic rings. The highest BCUT2D eigenvalue weighted by molar-refractivity contribution is 9.10. The first kappa shape index (κ1) is 36.5. The van der Waals surface area contributed by atoms with Crippen LogP contribution in [-0.4, -0.2) is 61.7 Å². The Labute approximate surface area is 293 Å². The third-order valence-corrected chi connectivity index (χ3v) is 9.12. The summed E-state index contributed by atoms with van der Waals surface area (Å²) in [6.45, 7) is 6.73. The quantitative estimate of drug-likeness (QED) is 0.141. The van der Waals surface area contributed by atoms with Crippen LogP contribution >= 0.6 is 39.1 Å². The van der Waals surface area contributed by atoms with Gasteiger partial charge in [-0.15, -0.1) is 0 Å². The van der Waals surface area contributed by atoms with Crippen LogP contribution < -0.4 is 18.9 Å². The average Bonchev–Trinajstić information content (AvgIpc) is 3.72. The molecule has 10 nitrogen and oxygen atoms in total. The predicted octanol–water partition coefficient (Wildman–Crippen LogP) is 7.98. The van der Waals surface area contributed by atoms with Gasteiger partial charge in [-0.2, -0.15) is 5.10 Å². The van der Waals surface area contributed by atoms with E-state index in [-0.39, 0.29) is 11.9 Å². The fraction of sp³-hybridized carbons (Fsp3) is 0.382. The Balaban J connectivity index is 0.000000214. The summed E-state index contributed by atoms with van der Waals surface area (Å²) in [5, 5.41) is 5.24. The van der Waals surface area contributed by atoms with Gasteiger partial charge in [0, 0.05) is 15.1 Å². The van der Waals surface area contributed by atoms with Crippen molar-refractivity contribution in [3.05, 3.63) is 91.4 Å². The van der Waals surface area contributed by atoms with Crippen LogP contribution in [0.15, 0.2) is 53.5 Å². The Morgan fingerprint density at radius 3 is 2.32 bits per heavy atom. The molecule has 2 atom stereocenters. The van der Waals surface area contributed by atoms with Crippen LogP contribution in [0.5, 0.6) is 23.0 Å². The van der Waals surface area contributed by atoms with E-state index in [0.29, 0.717) is 57.3 Å². The van der Waals surface area contributed by atoms with Crippen molar-refractivity contribution in [1.82, 2.24) is 14.8 Å². The zero-order valence-electron chi connectivity index (χ0n) is 27.4. The number of rotatable bonds is 11. The molecule has 4 aromatic rings. The second-order valence-corrected chi connectivity index (χ2v) is 12.4. The van der Waals surface area contributed by atoms with E-state index < -0.39 is 5.79 Å². The molecule has 3 aromatic carbocycles. The molecule has 0 N–H and O–H groups in total. The summed E-state index contributed by atoms with van der Waals surface area (Å²) in [6.07, 6.45) is 5.12. The molecule has 13 heteroatoms. The first-order chi connectivity index (χ1) is 22.5. The summed E-state index contributed by atoms with van der Waals surface area (Å²) in [5.41, 5.74) is 3.17. The van der Waals surface area contributed by atoms with E-state index in [9.17, 15) is 4.79 Å². The molecule has 0 spiro atoms. The Morgan fingerprint density at radius 2 is 1.72 bits per heavy atom. The monoisotopic (exact) mass is 749 g/mol. The minimum Gasteiger partial charge on any atom is -0.496 e. The normalized spacial score (nSPS) is 17.1. The second-order valence-electron chi connectivity index (χ2n) is 10.7. The molecule has 0 bridgehead atoms. The first-order valence-electron chi connectivity index (χ1n) is 14.8. The number of methoxy groups -OCH3 is 4. The minimum atomic E-state index is -0.963. The number of ether oxygens (including phenoxy) is 6. The zero-order valence-corrected chi connectivity index (χ0v) is 30.5. The molecule has 0 aliphatic carbocycles. The lowest BCUT2D eigenvalue weighted by Gasteiger charge is -2.29. The third kappa shape index (κ3) is 7.87. The Kier molecular flexibility index (Phi) is 12.5. The van der Waals surface area contributed by atoms with E-state index in [1.807, 2.05) is 26.0 Å². The van der Waals surface area contributed by atoms with Crippen LogP contribution in [0.4, 0.5) is 0 Å². The molecular formula is C34H38BrCl2N3O7. The lowest BCUT2D eigenvalue weighted by molar-refractivity contribution is -0.189. The summed E-state index contributed by atoms with van der Waals surface area (Å²) < 4.78 is 36.4. The number of hydrogen-bond acceptors (Lipinski definition) is 9. The van der Waals surface area contributed by atoms with Gasteiger partial charge in [0.1, 0.15) is 24.9 Å². The maximum absolute atomic E-state index is 13.4. The highest BCUT2D eigenvalue weighted by Crippen LogP contribution is 2.44. The average molecular weight is 752 g/mol. The van der Waals surface area contributed by atoms with Gasteiger partial charge in [0.15, 0.2) is 11.5 Å². The van der Waals surface area contributed by atoms with Crippen molar-refractivity contribution in [2.45, 2.75) is 52.0 Å². The number of aryl methyl sites for hydroxylation is 1. The van der Waals surface area contributed by atoms with Crippen LogP contribution in [0.2, 0.25) is 10.0 Å². The van der Waals surface area contributed by atoms with Gasteiger partial charge in [0.25, 0.3) is 0 Å². The SMILES string of the molecule is CCCC1COC(Cn2cncn2)(c2ccc(Cl)cc2Cl)O1.COc1cc(C)c(C(=O)c2c(OC)ccc(Br)c2C)c(OC)c1OC. The van der Waals surface area contributed by atoms with Crippen molar-refractivity contribution in [2.75, 3.05) is 35.0 Å². The van der Waals surface area contributed by atoms with E-state index in [4.69, 9.17) is 51.6 Å². The van der Waals surface area contributed by atoms with E-state index in [1.165, 1.54) is 27.7 Å². The molecule has 0 amide bonds. The lowest BCUT2D eigenvalue weighted by atomic mass is 9.93. The molecule has 5 rings (SSSR count). The van der Waals surface area contributed by atoms with E-state index in [1.54, 1.807) is 42.4 Å². The van der Waals surface area contributed by atoms with Crippen molar-refractivity contribution < 1.29 is 33.2 Å². The van der Waals surface area contributed by atoms with E-state index in [0.717, 1.165) is 34.0 Å². The molecule has 1 aromatic heterocycles.